The van der Waals surface area contributed by atoms with E-state index >= 15 is 0 Å². The summed E-state index contributed by atoms with van der Waals surface area (Å²) in [6.07, 6.45) is 2.92. The molecule has 2 rings (SSSR count). The Kier molecular flexibility index (Phi) is 4.31. The van der Waals surface area contributed by atoms with Crippen LogP contribution in [0.15, 0.2) is 15.6 Å². The third-order valence-electron chi connectivity index (χ3n) is 3.11. The molecule has 0 aromatic carbocycles. The lowest BCUT2D eigenvalue weighted by atomic mass is 10.2. The lowest BCUT2D eigenvalue weighted by Crippen LogP contribution is -2.35. The van der Waals surface area contributed by atoms with Crippen molar-refractivity contribution in [2.24, 2.45) is 10.7 Å². The van der Waals surface area contributed by atoms with Gasteiger partial charge in [0.1, 0.15) is 0 Å². The van der Waals surface area contributed by atoms with Crippen LogP contribution in [0.25, 0.3) is 5.70 Å². The van der Waals surface area contributed by atoms with Crippen molar-refractivity contribution in [2.45, 2.75) is 33.2 Å². The minimum absolute atomic E-state index is 0.362. The summed E-state index contributed by atoms with van der Waals surface area (Å²) in [5.41, 5.74) is 7.43. The molecule has 0 aliphatic carbocycles. The van der Waals surface area contributed by atoms with Gasteiger partial charge in [-0.3, -0.25) is 9.89 Å². The van der Waals surface area contributed by atoms with Gasteiger partial charge in [0, 0.05) is 25.7 Å². The molecule has 1 aromatic rings. The maximum Gasteiger partial charge on any atom is 0.273 e. The molecule has 0 saturated heterocycles. The van der Waals surface area contributed by atoms with Crippen LogP contribution in [0, 0.1) is 6.92 Å². The summed E-state index contributed by atoms with van der Waals surface area (Å²) in [6.45, 7) is 8.87. The fraction of sp³-hybridized carbons (Fsp3) is 0.615. The molecule has 104 valence electrons. The van der Waals surface area contributed by atoms with Gasteiger partial charge in [0.25, 0.3) is 5.89 Å². The van der Waals surface area contributed by atoms with Gasteiger partial charge in [-0.15, -0.1) is 0 Å². The summed E-state index contributed by atoms with van der Waals surface area (Å²) < 4.78 is 5.05. The van der Waals surface area contributed by atoms with E-state index in [-0.39, 0.29) is 0 Å². The van der Waals surface area contributed by atoms with E-state index in [9.17, 15) is 0 Å². The largest absolute Gasteiger partial charge is 0.394 e. The molecule has 0 unspecified atom stereocenters. The summed E-state index contributed by atoms with van der Waals surface area (Å²) in [5.74, 6) is 0.943. The predicted octanol–water partition coefficient (Wildman–Crippen LogP) is 1.23. The third-order valence-corrected chi connectivity index (χ3v) is 3.11. The average Bonchev–Trinajstić information content (AvgIpc) is 2.65. The van der Waals surface area contributed by atoms with Crippen LogP contribution in [0.3, 0.4) is 0 Å². The van der Waals surface area contributed by atoms with Gasteiger partial charge in [-0.2, -0.15) is 4.98 Å². The molecule has 0 atom stereocenters. The van der Waals surface area contributed by atoms with Crippen molar-refractivity contribution >= 4 is 11.4 Å². The Morgan fingerprint density at radius 3 is 2.89 bits per heavy atom. The van der Waals surface area contributed by atoms with E-state index in [1.165, 1.54) is 0 Å². The highest BCUT2D eigenvalue weighted by atomic mass is 16.5. The van der Waals surface area contributed by atoms with Crippen LogP contribution in [-0.2, 0) is 0 Å². The molecule has 1 aliphatic heterocycles. The summed E-state index contributed by atoms with van der Waals surface area (Å²) >= 11 is 0. The zero-order chi connectivity index (χ0) is 13.8. The van der Waals surface area contributed by atoms with Crippen molar-refractivity contribution in [3.8, 4) is 0 Å². The van der Waals surface area contributed by atoms with Crippen LogP contribution < -0.4 is 5.73 Å². The Labute approximate surface area is 113 Å². The van der Waals surface area contributed by atoms with Crippen LogP contribution in [0.5, 0.6) is 0 Å². The fourth-order valence-electron chi connectivity index (χ4n) is 2.02. The molecule has 2 N–H and O–H groups in total. The van der Waals surface area contributed by atoms with Gasteiger partial charge in [-0.1, -0.05) is 5.16 Å². The SMILES string of the molecule is Cc1noc(/C(N)=C/C2=NCCCN(C(C)C)C2)n1. The number of rotatable bonds is 3. The van der Waals surface area contributed by atoms with Gasteiger partial charge >= 0.3 is 0 Å². The monoisotopic (exact) mass is 263 g/mol. The number of aliphatic imine (C=N–C) groups is 1. The minimum atomic E-state index is 0.362. The first-order valence-electron chi connectivity index (χ1n) is 6.61. The van der Waals surface area contributed by atoms with E-state index in [1.807, 2.05) is 6.08 Å². The molecule has 0 bridgehead atoms. The van der Waals surface area contributed by atoms with Gasteiger partial charge < -0.3 is 10.3 Å². The molecule has 1 aliphatic rings. The van der Waals surface area contributed by atoms with Crippen LogP contribution in [-0.4, -0.2) is 46.4 Å². The number of hydrogen-bond donors (Lipinski definition) is 1. The van der Waals surface area contributed by atoms with Crippen LogP contribution in [0.4, 0.5) is 0 Å². The number of aryl methyl sites for hydroxylation is 1. The molecular formula is C13H21N5O. The maximum absolute atomic E-state index is 5.98. The maximum atomic E-state index is 5.98. The second-order valence-corrected chi connectivity index (χ2v) is 5.04. The molecule has 0 radical (unpaired) electrons. The zero-order valence-electron chi connectivity index (χ0n) is 11.8. The Morgan fingerprint density at radius 2 is 2.26 bits per heavy atom. The highest BCUT2D eigenvalue weighted by Gasteiger charge is 2.15. The quantitative estimate of drug-likeness (QED) is 0.887. The topological polar surface area (TPSA) is 80.5 Å². The van der Waals surface area contributed by atoms with Crippen LogP contribution >= 0.6 is 0 Å². The van der Waals surface area contributed by atoms with E-state index in [4.69, 9.17) is 10.3 Å². The molecule has 19 heavy (non-hydrogen) atoms. The summed E-state index contributed by atoms with van der Waals surface area (Å²) in [6, 6.07) is 0.503. The average molecular weight is 263 g/mol. The first-order chi connectivity index (χ1) is 9.06. The van der Waals surface area contributed by atoms with Crippen molar-refractivity contribution in [3.05, 3.63) is 17.8 Å². The third kappa shape index (κ3) is 3.64. The van der Waals surface area contributed by atoms with E-state index in [1.54, 1.807) is 6.92 Å². The van der Waals surface area contributed by atoms with Crippen LogP contribution in [0.1, 0.15) is 32.0 Å². The molecular weight excluding hydrogens is 242 g/mol. The van der Waals surface area contributed by atoms with Gasteiger partial charge in [0.15, 0.2) is 5.82 Å². The smallest absolute Gasteiger partial charge is 0.273 e. The lowest BCUT2D eigenvalue weighted by Gasteiger charge is -2.24. The Morgan fingerprint density at radius 1 is 1.47 bits per heavy atom. The number of aromatic nitrogens is 2. The minimum Gasteiger partial charge on any atom is -0.394 e. The molecule has 6 nitrogen and oxygen atoms in total. The van der Waals surface area contributed by atoms with Gasteiger partial charge in [-0.25, -0.2) is 0 Å². The van der Waals surface area contributed by atoms with E-state index in [0.29, 0.717) is 23.5 Å². The van der Waals surface area contributed by atoms with E-state index in [2.05, 4.69) is 33.9 Å². The fourth-order valence-corrected chi connectivity index (χ4v) is 2.02. The molecule has 0 fully saturated rings. The molecule has 0 saturated carbocycles. The first kappa shape index (κ1) is 13.7. The first-order valence-corrected chi connectivity index (χ1v) is 6.61. The number of hydrogen-bond acceptors (Lipinski definition) is 6. The summed E-state index contributed by atoms with van der Waals surface area (Å²) in [4.78, 5) is 11.1. The van der Waals surface area contributed by atoms with Crippen LogP contribution in [0.2, 0.25) is 0 Å². The van der Waals surface area contributed by atoms with Gasteiger partial charge in [0.05, 0.1) is 11.4 Å². The predicted molar refractivity (Wildman–Crippen MR) is 74.8 cm³/mol. The van der Waals surface area contributed by atoms with E-state index < -0.39 is 0 Å². The number of nitrogens with zero attached hydrogens (tertiary/aromatic N) is 4. The highest BCUT2D eigenvalue weighted by Crippen LogP contribution is 2.10. The Hall–Kier alpha value is -1.69. The standard InChI is InChI=1S/C13H21N5O/c1-9(2)18-6-4-5-15-11(8-18)7-12(14)13-16-10(3)17-19-13/h7,9H,4-6,8,14H2,1-3H3/b12-7-. The lowest BCUT2D eigenvalue weighted by molar-refractivity contribution is 0.257. The zero-order valence-corrected chi connectivity index (χ0v) is 11.8. The summed E-state index contributed by atoms with van der Waals surface area (Å²) in [5, 5.41) is 3.74. The molecule has 0 spiro atoms. The van der Waals surface area contributed by atoms with Gasteiger partial charge in [-0.05, 0) is 33.3 Å². The second-order valence-electron chi connectivity index (χ2n) is 5.04. The Balaban J connectivity index is 2.14. The molecule has 6 heteroatoms. The van der Waals surface area contributed by atoms with Crippen molar-refractivity contribution in [3.63, 3.8) is 0 Å². The molecule has 1 aromatic heterocycles. The van der Waals surface area contributed by atoms with Crippen molar-refractivity contribution in [1.29, 1.82) is 0 Å². The van der Waals surface area contributed by atoms with Crippen molar-refractivity contribution in [2.75, 3.05) is 19.6 Å². The number of nitrogens with two attached hydrogens (primary N) is 1. The Bertz CT molecular complexity index is 489. The van der Waals surface area contributed by atoms with E-state index in [0.717, 1.165) is 31.8 Å². The van der Waals surface area contributed by atoms with Gasteiger partial charge in [0.2, 0.25) is 0 Å². The highest BCUT2D eigenvalue weighted by molar-refractivity contribution is 6.01. The normalized spacial score (nSPS) is 18.5. The summed E-state index contributed by atoms with van der Waals surface area (Å²) in [7, 11) is 0. The molecule has 2 heterocycles. The molecule has 0 amide bonds. The second kappa shape index (κ2) is 5.97. The van der Waals surface area contributed by atoms with Crippen molar-refractivity contribution < 1.29 is 4.52 Å². The van der Waals surface area contributed by atoms with Crippen molar-refractivity contribution in [1.82, 2.24) is 15.0 Å².